The first-order valence-corrected chi connectivity index (χ1v) is 9.51. The highest BCUT2D eigenvalue weighted by Gasteiger charge is 2.24. The summed E-state index contributed by atoms with van der Waals surface area (Å²) in [7, 11) is 1.38. The largest absolute Gasteiger partial charge is 0.326 e. The number of amides is 1. The lowest BCUT2D eigenvalue weighted by molar-refractivity contribution is -0.121. The summed E-state index contributed by atoms with van der Waals surface area (Å²) in [4.78, 5) is 12.0. The molecule has 0 aliphatic heterocycles. The Kier molecular flexibility index (Phi) is 5.17. The number of carbonyl (C=O) groups is 1. The summed E-state index contributed by atoms with van der Waals surface area (Å²) >= 11 is 5.89. The fourth-order valence-electron chi connectivity index (χ4n) is 2.54. The van der Waals surface area contributed by atoms with Crippen molar-refractivity contribution < 1.29 is 13.2 Å². The smallest absolute Gasteiger partial charge is 0.262 e. The van der Waals surface area contributed by atoms with Crippen molar-refractivity contribution in [2.24, 2.45) is 11.8 Å². The van der Waals surface area contributed by atoms with Gasteiger partial charge in [0.05, 0.1) is 5.02 Å². The lowest BCUT2D eigenvalue weighted by Crippen LogP contribution is -2.26. The summed E-state index contributed by atoms with van der Waals surface area (Å²) in [5, 5.41) is 2.78. The maximum atomic E-state index is 12.2. The van der Waals surface area contributed by atoms with Crippen molar-refractivity contribution >= 4 is 42.9 Å². The van der Waals surface area contributed by atoms with E-state index in [-0.39, 0.29) is 21.7 Å². The van der Waals surface area contributed by atoms with Crippen LogP contribution in [-0.4, -0.2) is 14.3 Å². The molecule has 1 aromatic carbocycles. The van der Waals surface area contributed by atoms with Gasteiger partial charge in [0, 0.05) is 22.3 Å². The molecule has 1 saturated carbocycles. The molecule has 1 amide bonds. The molecular weight excluding hydrogens is 333 g/mol. The van der Waals surface area contributed by atoms with Crippen LogP contribution in [0.4, 0.5) is 5.69 Å². The van der Waals surface area contributed by atoms with E-state index in [1.807, 2.05) is 0 Å². The minimum absolute atomic E-state index is 0.0000615. The third kappa shape index (κ3) is 4.34. The summed E-state index contributed by atoms with van der Waals surface area (Å²) in [6, 6.07) is 4.19. The molecule has 0 saturated heterocycles. The highest BCUT2D eigenvalue weighted by Crippen LogP contribution is 2.31. The fourth-order valence-corrected chi connectivity index (χ4v) is 4.07. The second-order valence-electron chi connectivity index (χ2n) is 5.53. The molecule has 0 bridgehead atoms. The van der Waals surface area contributed by atoms with Crippen LogP contribution >= 0.6 is 22.3 Å². The van der Waals surface area contributed by atoms with E-state index in [2.05, 4.69) is 12.2 Å². The number of anilines is 1. The molecule has 0 radical (unpaired) electrons. The van der Waals surface area contributed by atoms with Gasteiger partial charge in [0.1, 0.15) is 4.90 Å². The maximum absolute atomic E-state index is 12.2. The molecule has 1 N–H and O–H groups in total. The highest BCUT2D eigenvalue weighted by molar-refractivity contribution is 8.13. The molecule has 1 aliphatic carbocycles. The van der Waals surface area contributed by atoms with Crippen molar-refractivity contribution in [2.45, 2.75) is 37.5 Å². The molecule has 0 spiro atoms. The van der Waals surface area contributed by atoms with E-state index in [4.69, 9.17) is 22.3 Å². The Bertz CT molecular complexity index is 638. The Hall–Kier alpha value is -0.780. The van der Waals surface area contributed by atoms with Crippen LogP contribution in [0.1, 0.15) is 32.6 Å². The zero-order valence-corrected chi connectivity index (χ0v) is 13.9. The Morgan fingerprint density at radius 1 is 1.24 bits per heavy atom. The number of hydrogen-bond donors (Lipinski definition) is 1. The quantitative estimate of drug-likeness (QED) is 0.837. The van der Waals surface area contributed by atoms with Gasteiger partial charge in [0.15, 0.2) is 0 Å². The number of benzene rings is 1. The average Bonchev–Trinajstić information content (AvgIpc) is 2.37. The first-order chi connectivity index (χ1) is 9.77. The highest BCUT2D eigenvalue weighted by atomic mass is 35.7. The van der Waals surface area contributed by atoms with Crippen molar-refractivity contribution in [3.63, 3.8) is 0 Å². The summed E-state index contributed by atoms with van der Waals surface area (Å²) in [5.74, 6) is 0.646. The second-order valence-corrected chi connectivity index (χ2v) is 8.47. The number of nitrogens with one attached hydrogen (secondary N) is 1. The Morgan fingerprint density at radius 3 is 2.38 bits per heavy atom. The molecule has 1 aromatic rings. The van der Waals surface area contributed by atoms with E-state index in [0.29, 0.717) is 11.6 Å². The first-order valence-electron chi connectivity index (χ1n) is 6.82. The van der Waals surface area contributed by atoms with Gasteiger partial charge in [0.2, 0.25) is 5.91 Å². The molecule has 116 valence electrons. The number of carbonyl (C=O) groups excluding carboxylic acids is 1. The van der Waals surface area contributed by atoms with E-state index < -0.39 is 9.05 Å². The van der Waals surface area contributed by atoms with Crippen LogP contribution in [-0.2, 0) is 13.8 Å². The molecule has 2 rings (SSSR count). The standard InChI is InChI=1S/C14H17Cl2NO3S/c1-9-2-4-10(5-3-9)14(18)17-11-6-7-13(12(15)8-11)21(16,19)20/h6-10H,2-5H2,1H3,(H,17,18). The van der Waals surface area contributed by atoms with Crippen molar-refractivity contribution in [1.82, 2.24) is 0 Å². The van der Waals surface area contributed by atoms with Gasteiger partial charge in [0.25, 0.3) is 9.05 Å². The molecule has 21 heavy (non-hydrogen) atoms. The van der Waals surface area contributed by atoms with Crippen LogP contribution in [0, 0.1) is 11.8 Å². The number of halogens is 2. The van der Waals surface area contributed by atoms with Crippen LogP contribution in [0.5, 0.6) is 0 Å². The van der Waals surface area contributed by atoms with E-state index in [9.17, 15) is 13.2 Å². The van der Waals surface area contributed by atoms with E-state index >= 15 is 0 Å². The van der Waals surface area contributed by atoms with Gasteiger partial charge >= 0.3 is 0 Å². The summed E-state index contributed by atoms with van der Waals surface area (Å²) < 4.78 is 22.5. The predicted molar refractivity (Wildman–Crippen MR) is 84.2 cm³/mol. The first kappa shape index (κ1) is 16.6. The number of hydrogen-bond acceptors (Lipinski definition) is 3. The SMILES string of the molecule is CC1CCC(C(=O)Nc2ccc(S(=O)(=O)Cl)c(Cl)c2)CC1. The predicted octanol–water partition coefficient (Wildman–Crippen LogP) is 4.03. The van der Waals surface area contributed by atoms with Crippen LogP contribution in [0.2, 0.25) is 5.02 Å². The van der Waals surface area contributed by atoms with Gasteiger partial charge in [-0.05, 0) is 49.8 Å². The van der Waals surface area contributed by atoms with E-state index in [1.54, 1.807) is 0 Å². The van der Waals surface area contributed by atoms with Crippen molar-refractivity contribution in [3.05, 3.63) is 23.2 Å². The van der Waals surface area contributed by atoms with Crippen LogP contribution in [0.25, 0.3) is 0 Å². The monoisotopic (exact) mass is 349 g/mol. The molecule has 1 aliphatic rings. The average molecular weight is 350 g/mol. The molecule has 0 aromatic heterocycles. The topological polar surface area (TPSA) is 63.2 Å². The molecule has 0 heterocycles. The Morgan fingerprint density at radius 2 is 1.86 bits per heavy atom. The zero-order chi connectivity index (χ0) is 15.6. The molecule has 0 atom stereocenters. The van der Waals surface area contributed by atoms with Crippen LogP contribution in [0.15, 0.2) is 23.1 Å². The third-order valence-corrected chi connectivity index (χ3v) is 5.65. The molecule has 7 heteroatoms. The molecule has 1 fully saturated rings. The van der Waals surface area contributed by atoms with Crippen molar-refractivity contribution in [3.8, 4) is 0 Å². The molecule has 4 nitrogen and oxygen atoms in total. The van der Waals surface area contributed by atoms with Crippen molar-refractivity contribution in [1.29, 1.82) is 0 Å². The summed E-state index contributed by atoms with van der Waals surface area (Å²) in [6.07, 6.45) is 3.88. The van der Waals surface area contributed by atoms with E-state index in [0.717, 1.165) is 25.7 Å². The third-order valence-electron chi connectivity index (χ3n) is 3.85. The Balaban J connectivity index is 2.07. The van der Waals surface area contributed by atoms with Gasteiger partial charge in [-0.2, -0.15) is 0 Å². The lowest BCUT2D eigenvalue weighted by atomic mass is 9.82. The van der Waals surface area contributed by atoms with Gasteiger partial charge in [-0.1, -0.05) is 18.5 Å². The lowest BCUT2D eigenvalue weighted by Gasteiger charge is -2.25. The minimum Gasteiger partial charge on any atom is -0.326 e. The fraction of sp³-hybridized carbons (Fsp3) is 0.500. The normalized spacial score (nSPS) is 22.8. The summed E-state index contributed by atoms with van der Waals surface area (Å²) in [6.45, 7) is 2.19. The van der Waals surface area contributed by atoms with Gasteiger partial charge in [-0.3, -0.25) is 4.79 Å². The van der Waals surface area contributed by atoms with Crippen LogP contribution < -0.4 is 5.32 Å². The minimum atomic E-state index is -3.88. The zero-order valence-electron chi connectivity index (χ0n) is 11.6. The van der Waals surface area contributed by atoms with E-state index in [1.165, 1.54) is 18.2 Å². The van der Waals surface area contributed by atoms with Gasteiger partial charge < -0.3 is 5.32 Å². The van der Waals surface area contributed by atoms with Crippen LogP contribution in [0.3, 0.4) is 0 Å². The van der Waals surface area contributed by atoms with Gasteiger partial charge in [-0.25, -0.2) is 8.42 Å². The molecular formula is C14H17Cl2NO3S. The number of rotatable bonds is 3. The van der Waals surface area contributed by atoms with Crippen molar-refractivity contribution in [2.75, 3.05) is 5.32 Å². The maximum Gasteiger partial charge on any atom is 0.262 e. The second kappa shape index (κ2) is 6.55. The van der Waals surface area contributed by atoms with Gasteiger partial charge in [-0.15, -0.1) is 0 Å². The molecule has 0 unspecified atom stereocenters. The Labute approximate surface area is 134 Å². The summed E-state index contributed by atoms with van der Waals surface area (Å²) in [5.41, 5.74) is 0.479.